The molecule has 0 aliphatic rings. The third-order valence-electron chi connectivity index (χ3n) is 2.13. The quantitative estimate of drug-likeness (QED) is 0.789. The number of carboxylic acids is 1. The summed E-state index contributed by atoms with van der Waals surface area (Å²) in [5.41, 5.74) is 4.76. The predicted molar refractivity (Wildman–Crippen MR) is 62.5 cm³/mol. The highest BCUT2D eigenvalue weighted by atomic mass is 32.2. The van der Waals surface area contributed by atoms with Gasteiger partial charge in [0.15, 0.2) is 0 Å². The van der Waals surface area contributed by atoms with E-state index in [2.05, 4.69) is 0 Å². The van der Waals surface area contributed by atoms with E-state index in [0.717, 1.165) is 17.8 Å². The van der Waals surface area contributed by atoms with Gasteiger partial charge in [0, 0.05) is 4.90 Å². The summed E-state index contributed by atoms with van der Waals surface area (Å²) in [6.07, 6.45) is 0.528. The third kappa shape index (κ3) is 3.45. The molecule has 0 saturated heterocycles. The highest BCUT2D eigenvalue weighted by molar-refractivity contribution is 8.00. The van der Waals surface area contributed by atoms with Crippen LogP contribution in [0.3, 0.4) is 0 Å². The highest BCUT2D eigenvalue weighted by Gasteiger charge is 2.17. The molecule has 6 heteroatoms. The second-order valence-corrected chi connectivity index (χ2v) is 4.64. The SMILES string of the molecule is CCC(Sc1ccc(F)c(C(=O)O)c1)C(N)=O. The minimum atomic E-state index is -1.34. The Hall–Kier alpha value is -1.56. The summed E-state index contributed by atoms with van der Waals surface area (Å²) in [6.45, 7) is 1.80. The molecule has 3 N–H and O–H groups in total. The van der Waals surface area contributed by atoms with E-state index in [-0.39, 0.29) is 0 Å². The molecular formula is C11H12FNO3S. The number of carboxylic acid groups (broad SMARTS) is 1. The summed E-state index contributed by atoms with van der Waals surface area (Å²) in [5, 5.41) is 8.31. The highest BCUT2D eigenvalue weighted by Crippen LogP contribution is 2.27. The maximum atomic E-state index is 13.1. The number of hydrogen-bond donors (Lipinski definition) is 2. The van der Waals surface area contributed by atoms with Crippen LogP contribution in [-0.2, 0) is 4.79 Å². The molecule has 92 valence electrons. The van der Waals surface area contributed by atoms with E-state index < -0.39 is 28.5 Å². The minimum absolute atomic E-state index is 0.408. The van der Waals surface area contributed by atoms with Gasteiger partial charge in [-0.05, 0) is 24.6 Å². The summed E-state index contributed by atoms with van der Waals surface area (Å²) in [4.78, 5) is 22.3. The standard InChI is InChI=1S/C11H12FNO3S/c1-2-9(10(13)14)17-6-3-4-8(12)7(5-6)11(15)16/h3-5,9H,2H2,1H3,(H2,13,14)(H,15,16). The number of nitrogens with two attached hydrogens (primary N) is 1. The Labute approximate surface area is 102 Å². The Bertz CT molecular complexity index is 450. The van der Waals surface area contributed by atoms with Gasteiger partial charge in [-0.15, -0.1) is 11.8 Å². The fraction of sp³-hybridized carbons (Fsp3) is 0.273. The number of thioether (sulfide) groups is 1. The molecule has 1 rings (SSSR count). The molecule has 0 heterocycles. The zero-order chi connectivity index (χ0) is 13.0. The number of benzene rings is 1. The summed E-state index contributed by atoms with van der Waals surface area (Å²) >= 11 is 1.13. The molecule has 0 spiro atoms. The first-order chi connectivity index (χ1) is 7.95. The summed E-state index contributed by atoms with van der Waals surface area (Å²) < 4.78 is 13.1. The van der Waals surface area contributed by atoms with E-state index in [0.29, 0.717) is 11.3 Å². The Morgan fingerprint density at radius 2 is 2.18 bits per heavy atom. The average molecular weight is 257 g/mol. The maximum Gasteiger partial charge on any atom is 0.338 e. The van der Waals surface area contributed by atoms with E-state index in [1.165, 1.54) is 12.1 Å². The molecule has 0 aliphatic heterocycles. The van der Waals surface area contributed by atoms with Crippen LogP contribution in [0, 0.1) is 5.82 Å². The molecule has 0 saturated carbocycles. The number of primary amides is 1. The van der Waals surface area contributed by atoms with Crippen molar-refractivity contribution in [3.8, 4) is 0 Å². The molecule has 0 aliphatic carbocycles. The van der Waals surface area contributed by atoms with Gasteiger partial charge in [0.2, 0.25) is 5.91 Å². The lowest BCUT2D eigenvalue weighted by molar-refractivity contribution is -0.117. The number of amides is 1. The van der Waals surface area contributed by atoms with E-state index >= 15 is 0 Å². The fourth-order valence-electron chi connectivity index (χ4n) is 1.25. The van der Waals surface area contributed by atoms with Crippen LogP contribution in [0.4, 0.5) is 4.39 Å². The lowest BCUT2D eigenvalue weighted by Gasteiger charge is -2.10. The van der Waals surface area contributed by atoms with Crippen molar-refractivity contribution in [1.82, 2.24) is 0 Å². The Balaban J connectivity index is 2.96. The monoisotopic (exact) mass is 257 g/mol. The van der Waals surface area contributed by atoms with Crippen LogP contribution in [0.15, 0.2) is 23.1 Å². The first-order valence-corrected chi connectivity index (χ1v) is 5.82. The zero-order valence-electron chi connectivity index (χ0n) is 9.14. The molecular weight excluding hydrogens is 245 g/mol. The lowest BCUT2D eigenvalue weighted by atomic mass is 10.2. The lowest BCUT2D eigenvalue weighted by Crippen LogP contribution is -2.24. The number of halogens is 1. The molecule has 4 nitrogen and oxygen atoms in total. The molecule has 1 aromatic carbocycles. The van der Waals surface area contributed by atoms with Gasteiger partial charge in [0.25, 0.3) is 0 Å². The molecule has 1 unspecified atom stereocenters. The zero-order valence-corrected chi connectivity index (χ0v) is 9.96. The molecule has 17 heavy (non-hydrogen) atoms. The molecule has 0 radical (unpaired) electrons. The van der Waals surface area contributed by atoms with Crippen molar-refractivity contribution in [2.45, 2.75) is 23.5 Å². The first kappa shape index (κ1) is 13.5. The average Bonchev–Trinajstić information content (AvgIpc) is 2.27. The van der Waals surface area contributed by atoms with Gasteiger partial charge < -0.3 is 10.8 Å². The number of aromatic carboxylic acids is 1. The van der Waals surface area contributed by atoms with Gasteiger partial charge in [0.05, 0.1) is 10.8 Å². The van der Waals surface area contributed by atoms with Crippen molar-refractivity contribution in [2.75, 3.05) is 0 Å². The van der Waals surface area contributed by atoms with Gasteiger partial charge in [0.1, 0.15) is 5.82 Å². The normalized spacial score (nSPS) is 12.1. The van der Waals surface area contributed by atoms with E-state index in [1.807, 2.05) is 0 Å². The van der Waals surface area contributed by atoms with Crippen molar-refractivity contribution in [3.63, 3.8) is 0 Å². The van der Waals surface area contributed by atoms with Gasteiger partial charge in [-0.3, -0.25) is 4.79 Å². The molecule has 1 aromatic rings. The third-order valence-corrected chi connectivity index (χ3v) is 3.51. The summed E-state index contributed by atoms with van der Waals surface area (Å²) in [5.74, 6) is -2.61. The Kier molecular flexibility index (Phi) is 4.51. The Morgan fingerprint density at radius 3 is 2.65 bits per heavy atom. The number of rotatable bonds is 5. The van der Waals surface area contributed by atoms with Crippen molar-refractivity contribution in [3.05, 3.63) is 29.6 Å². The van der Waals surface area contributed by atoms with E-state index in [4.69, 9.17) is 10.8 Å². The fourth-order valence-corrected chi connectivity index (χ4v) is 2.19. The number of carbonyl (C=O) groups is 2. The molecule has 0 bridgehead atoms. The second-order valence-electron chi connectivity index (χ2n) is 3.36. The molecule has 0 fully saturated rings. The van der Waals surface area contributed by atoms with Crippen molar-refractivity contribution >= 4 is 23.6 Å². The van der Waals surface area contributed by atoms with Crippen molar-refractivity contribution < 1.29 is 19.1 Å². The first-order valence-electron chi connectivity index (χ1n) is 4.94. The van der Waals surface area contributed by atoms with Crippen LogP contribution in [-0.4, -0.2) is 22.2 Å². The van der Waals surface area contributed by atoms with Crippen LogP contribution in [0.25, 0.3) is 0 Å². The van der Waals surface area contributed by atoms with Gasteiger partial charge in [-0.25, -0.2) is 9.18 Å². The summed E-state index contributed by atoms with van der Waals surface area (Å²) in [6, 6.07) is 3.70. The molecule has 1 atom stereocenters. The van der Waals surface area contributed by atoms with E-state index in [1.54, 1.807) is 6.92 Å². The van der Waals surface area contributed by atoms with Crippen LogP contribution >= 0.6 is 11.8 Å². The van der Waals surface area contributed by atoms with E-state index in [9.17, 15) is 14.0 Å². The van der Waals surface area contributed by atoms with Gasteiger partial charge >= 0.3 is 5.97 Å². The largest absolute Gasteiger partial charge is 0.478 e. The molecule has 1 amide bonds. The minimum Gasteiger partial charge on any atom is -0.478 e. The summed E-state index contributed by atoms with van der Waals surface area (Å²) in [7, 11) is 0. The predicted octanol–water partition coefficient (Wildman–Crippen LogP) is 1.88. The van der Waals surface area contributed by atoms with Gasteiger partial charge in [-0.1, -0.05) is 6.92 Å². The topological polar surface area (TPSA) is 80.4 Å². The van der Waals surface area contributed by atoms with Crippen LogP contribution in [0.5, 0.6) is 0 Å². The van der Waals surface area contributed by atoms with Crippen LogP contribution in [0.2, 0.25) is 0 Å². The molecule has 0 aromatic heterocycles. The number of hydrogen-bond acceptors (Lipinski definition) is 3. The number of carbonyl (C=O) groups excluding carboxylic acids is 1. The van der Waals surface area contributed by atoms with Crippen molar-refractivity contribution in [1.29, 1.82) is 0 Å². The van der Waals surface area contributed by atoms with Crippen molar-refractivity contribution in [2.24, 2.45) is 5.73 Å². The second kappa shape index (κ2) is 5.67. The van der Waals surface area contributed by atoms with Crippen LogP contribution in [0.1, 0.15) is 23.7 Å². The van der Waals surface area contributed by atoms with Crippen LogP contribution < -0.4 is 5.73 Å². The van der Waals surface area contributed by atoms with Gasteiger partial charge in [-0.2, -0.15) is 0 Å². The smallest absolute Gasteiger partial charge is 0.338 e. The maximum absolute atomic E-state index is 13.1. The Morgan fingerprint density at radius 1 is 1.53 bits per heavy atom.